The number of nitrogens with zero attached hydrogens (tertiary/aromatic N) is 1. The molecule has 1 N–H and O–H groups in total. The van der Waals surface area contributed by atoms with Crippen LogP contribution in [0.2, 0.25) is 5.02 Å². The molecular weight excluding hydrogens is 448 g/mol. The quantitative estimate of drug-likeness (QED) is 0.529. The monoisotopic (exact) mass is 470 g/mol. The van der Waals surface area contributed by atoms with Gasteiger partial charge in [-0.1, -0.05) is 60.1 Å². The summed E-state index contributed by atoms with van der Waals surface area (Å²) in [5.41, 5.74) is 2.86. The van der Waals surface area contributed by atoms with E-state index in [-0.39, 0.29) is 24.7 Å². The van der Waals surface area contributed by atoms with Gasteiger partial charge in [-0.15, -0.1) is 0 Å². The molecular formula is C24H23ClN2O4S. The maximum atomic E-state index is 12.5. The number of carbonyl (C=O) groups excluding carboxylic acids is 1. The highest BCUT2D eigenvalue weighted by molar-refractivity contribution is 7.93. The van der Waals surface area contributed by atoms with Crippen LogP contribution in [0.5, 0.6) is 5.75 Å². The largest absolute Gasteiger partial charge is 0.492 e. The van der Waals surface area contributed by atoms with Gasteiger partial charge in [-0.3, -0.25) is 9.10 Å². The zero-order valence-electron chi connectivity index (χ0n) is 17.3. The highest BCUT2D eigenvalue weighted by Gasteiger charge is 2.28. The van der Waals surface area contributed by atoms with Crippen molar-refractivity contribution in [3.05, 3.63) is 77.8 Å². The molecule has 1 fully saturated rings. The smallest absolute Gasteiger partial charge is 0.235 e. The Hall–Kier alpha value is -3.03. The summed E-state index contributed by atoms with van der Waals surface area (Å²) in [5, 5.41) is 3.10. The van der Waals surface area contributed by atoms with Crippen LogP contribution in [0, 0.1) is 0 Å². The van der Waals surface area contributed by atoms with Gasteiger partial charge in [0.05, 0.1) is 35.2 Å². The highest BCUT2D eigenvalue weighted by atomic mass is 35.5. The Balaban J connectivity index is 1.39. The molecule has 0 radical (unpaired) electrons. The number of rotatable bonds is 7. The van der Waals surface area contributed by atoms with Crippen LogP contribution in [0.1, 0.15) is 12.8 Å². The van der Waals surface area contributed by atoms with Gasteiger partial charge in [0.2, 0.25) is 15.9 Å². The van der Waals surface area contributed by atoms with Crippen molar-refractivity contribution in [1.29, 1.82) is 0 Å². The first-order valence-electron chi connectivity index (χ1n) is 10.3. The van der Waals surface area contributed by atoms with E-state index < -0.39 is 10.0 Å². The molecule has 0 saturated carbocycles. The van der Waals surface area contributed by atoms with E-state index in [1.807, 2.05) is 54.6 Å². The van der Waals surface area contributed by atoms with E-state index >= 15 is 0 Å². The Bertz CT molecular complexity index is 1220. The number of anilines is 2. The zero-order chi connectivity index (χ0) is 22.6. The molecule has 4 rings (SSSR count). The van der Waals surface area contributed by atoms with Crippen molar-refractivity contribution in [3.63, 3.8) is 0 Å². The van der Waals surface area contributed by atoms with Crippen LogP contribution in [0.15, 0.2) is 72.8 Å². The second kappa shape index (κ2) is 9.63. The van der Waals surface area contributed by atoms with E-state index in [9.17, 15) is 13.2 Å². The number of hydrogen-bond acceptors (Lipinski definition) is 4. The van der Waals surface area contributed by atoms with Crippen LogP contribution < -0.4 is 14.4 Å². The fraction of sp³-hybridized carbons (Fsp3) is 0.208. The van der Waals surface area contributed by atoms with Crippen LogP contribution in [0.3, 0.4) is 0 Å². The van der Waals surface area contributed by atoms with Gasteiger partial charge in [-0.25, -0.2) is 8.42 Å². The Morgan fingerprint density at radius 3 is 2.53 bits per heavy atom. The lowest BCUT2D eigenvalue weighted by molar-refractivity contribution is -0.116. The summed E-state index contributed by atoms with van der Waals surface area (Å²) in [4.78, 5) is 12.5. The van der Waals surface area contributed by atoms with Crippen molar-refractivity contribution in [2.45, 2.75) is 12.8 Å². The van der Waals surface area contributed by atoms with Gasteiger partial charge in [0.25, 0.3) is 0 Å². The summed E-state index contributed by atoms with van der Waals surface area (Å²) < 4.78 is 31.6. The molecule has 3 aromatic carbocycles. The summed E-state index contributed by atoms with van der Waals surface area (Å²) in [6, 6.07) is 22.4. The maximum absolute atomic E-state index is 12.5. The molecule has 0 spiro atoms. The van der Waals surface area contributed by atoms with Gasteiger partial charge in [0, 0.05) is 12.1 Å². The summed E-state index contributed by atoms with van der Waals surface area (Å²) >= 11 is 6.22. The predicted octanol–water partition coefficient (Wildman–Crippen LogP) is 4.95. The normalized spacial score (nSPS) is 14.8. The predicted molar refractivity (Wildman–Crippen MR) is 128 cm³/mol. The molecule has 1 amide bonds. The molecule has 1 aliphatic rings. The van der Waals surface area contributed by atoms with E-state index in [0.29, 0.717) is 35.1 Å². The summed E-state index contributed by atoms with van der Waals surface area (Å²) in [7, 11) is -3.31. The fourth-order valence-electron chi connectivity index (χ4n) is 3.61. The van der Waals surface area contributed by atoms with Crippen molar-refractivity contribution >= 4 is 38.9 Å². The van der Waals surface area contributed by atoms with Gasteiger partial charge < -0.3 is 10.1 Å². The minimum Gasteiger partial charge on any atom is -0.492 e. The molecule has 32 heavy (non-hydrogen) atoms. The van der Waals surface area contributed by atoms with Crippen molar-refractivity contribution in [1.82, 2.24) is 0 Å². The molecule has 3 aromatic rings. The van der Waals surface area contributed by atoms with Gasteiger partial charge >= 0.3 is 0 Å². The third kappa shape index (κ3) is 5.06. The molecule has 166 valence electrons. The summed E-state index contributed by atoms with van der Waals surface area (Å²) in [5.74, 6) is 0.551. The van der Waals surface area contributed by atoms with Crippen molar-refractivity contribution in [2.24, 2.45) is 0 Å². The number of para-hydroxylation sites is 1. The molecule has 0 bridgehead atoms. The van der Waals surface area contributed by atoms with E-state index in [1.54, 1.807) is 18.2 Å². The van der Waals surface area contributed by atoms with Crippen molar-refractivity contribution in [2.75, 3.05) is 28.5 Å². The number of halogens is 1. The Morgan fingerprint density at radius 1 is 1.03 bits per heavy atom. The first kappa shape index (κ1) is 22.2. The first-order chi connectivity index (χ1) is 15.4. The number of nitrogens with one attached hydrogen (secondary N) is 1. The Labute approximate surface area is 192 Å². The maximum Gasteiger partial charge on any atom is 0.235 e. The van der Waals surface area contributed by atoms with Crippen molar-refractivity contribution < 1.29 is 17.9 Å². The molecule has 1 heterocycles. The van der Waals surface area contributed by atoms with Crippen LogP contribution in [0.4, 0.5) is 11.4 Å². The molecule has 6 nitrogen and oxygen atoms in total. The van der Waals surface area contributed by atoms with E-state index in [4.69, 9.17) is 16.3 Å². The summed E-state index contributed by atoms with van der Waals surface area (Å²) in [6.45, 7) is 0.611. The molecule has 1 aliphatic heterocycles. The first-order valence-corrected chi connectivity index (χ1v) is 12.3. The minimum atomic E-state index is -3.31. The van der Waals surface area contributed by atoms with Gasteiger partial charge in [0.1, 0.15) is 5.75 Å². The topological polar surface area (TPSA) is 75.7 Å². The van der Waals surface area contributed by atoms with Gasteiger partial charge in [0.15, 0.2) is 0 Å². The second-order valence-electron chi connectivity index (χ2n) is 7.41. The third-order valence-corrected chi connectivity index (χ3v) is 7.37. The number of ether oxygens (including phenoxy) is 1. The van der Waals surface area contributed by atoms with Crippen LogP contribution in [-0.2, 0) is 14.8 Å². The lowest BCUT2D eigenvalue weighted by Gasteiger charge is -2.18. The molecule has 0 aliphatic carbocycles. The number of benzene rings is 3. The van der Waals surface area contributed by atoms with E-state index in [0.717, 1.165) is 11.1 Å². The minimum absolute atomic E-state index is 0.117. The third-order valence-electron chi connectivity index (χ3n) is 5.17. The van der Waals surface area contributed by atoms with Gasteiger partial charge in [-0.2, -0.15) is 0 Å². The highest BCUT2D eigenvalue weighted by Crippen LogP contribution is 2.32. The number of carbonyl (C=O) groups is 1. The molecule has 1 saturated heterocycles. The molecule has 8 heteroatoms. The lowest BCUT2D eigenvalue weighted by atomic mass is 10.1. The molecule has 0 aromatic heterocycles. The van der Waals surface area contributed by atoms with E-state index in [1.165, 1.54) is 4.31 Å². The van der Waals surface area contributed by atoms with Crippen LogP contribution in [-0.4, -0.2) is 33.2 Å². The van der Waals surface area contributed by atoms with Crippen LogP contribution >= 0.6 is 11.6 Å². The summed E-state index contributed by atoms with van der Waals surface area (Å²) in [6.07, 6.45) is 0.695. The Kier molecular flexibility index (Phi) is 6.67. The lowest BCUT2D eigenvalue weighted by Crippen LogP contribution is -2.25. The van der Waals surface area contributed by atoms with Crippen LogP contribution in [0.25, 0.3) is 11.1 Å². The average molecular weight is 471 g/mol. The zero-order valence-corrected chi connectivity index (χ0v) is 18.9. The molecule has 0 unspecified atom stereocenters. The second-order valence-corrected chi connectivity index (χ2v) is 9.83. The average Bonchev–Trinajstić information content (AvgIpc) is 3.15. The number of sulfonamides is 1. The SMILES string of the molecule is O=C(CCOc1ccccc1-c1ccccc1)Nc1cc(N2CCCS2(=O)=O)ccc1Cl. The standard InChI is InChI=1S/C24H23ClN2O4S/c25-21-12-11-19(27-14-6-16-32(27,29)30)17-22(21)26-24(28)13-15-31-23-10-5-4-9-20(23)18-7-2-1-3-8-18/h1-5,7-12,17H,6,13-16H2,(H,26,28). The molecule has 0 atom stereocenters. The van der Waals surface area contributed by atoms with Crippen molar-refractivity contribution in [3.8, 4) is 16.9 Å². The van der Waals surface area contributed by atoms with Gasteiger partial charge in [-0.05, 0) is 36.2 Å². The fourth-order valence-corrected chi connectivity index (χ4v) is 5.33. The number of hydrogen-bond donors (Lipinski definition) is 1. The number of amides is 1. The van der Waals surface area contributed by atoms with E-state index in [2.05, 4.69) is 5.32 Å². The Morgan fingerprint density at radius 2 is 1.78 bits per heavy atom.